The number of nitrogens with two attached hydrogens (primary N) is 1. The number of aliphatic imine (C=N–C) groups is 1. The van der Waals surface area contributed by atoms with Crippen LogP contribution in [-0.4, -0.2) is 64.7 Å². The number of hydrogen-bond donors (Lipinski definition) is 4. The van der Waals surface area contributed by atoms with Gasteiger partial charge in [-0.3, -0.25) is 4.99 Å². The maximum Gasteiger partial charge on any atom is 0.417 e. The third-order valence-corrected chi connectivity index (χ3v) is 6.50. The number of nitrogens with one attached hydrogen (secondary N) is 2. The summed E-state index contributed by atoms with van der Waals surface area (Å²) in [6.07, 6.45) is -3.75. The van der Waals surface area contributed by atoms with Crippen molar-refractivity contribution in [3.63, 3.8) is 0 Å². The number of nitrogen functional groups attached to an aromatic ring is 1. The number of alkyl halides is 3. The number of aliphatic hydroxyl groups is 1. The Kier molecular flexibility index (Phi) is 11.8. The molecule has 15 heteroatoms. The number of aromatic nitrogens is 3. The molecule has 244 valence electrons. The Morgan fingerprint density at radius 3 is 2.56 bits per heavy atom. The van der Waals surface area contributed by atoms with E-state index in [4.69, 9.17) is 15.2 Å². The largest absolute Gasteiger partial charge is 0.474 e. The molecular weight excluding hydrogens is 601 g/mol. The minimum Gasteiger partial charge on any atom is -0.474 e. The second kappa shape index (κ2) is 15.1. The van der Waals surface area contributed by atoms with Crippen LogP contribution in [0.1, 0.15) is 38.3 Å². The zero-order chi connectivity index (χ0) is 33.5. The second-order valence-electron chi connectivity index (χ2n) is 9.70. The van der Waals surface area contributed by atoms with Gasteiger partial charge in [0.05, 0.1) is 35.4 Å². The highest BCUT2D eigenvalue weighted by Gasteiger charge is 2.39. The van der Waals surface area contributed by atoms with E-state index < -0.39 is 64.1 Å². The molecule has 0 fully saturated rings. The molecule has 4 rings (SSSR count). The number of benzene rings is 1. The lowest BCUT2D eigenvalue weighted by atomic mass is 9.96. The molecular formula is C30H36F5N7O3. The number of rotatable bonds is 7. The number of aliphatic hydroxyl groups excluding tert-OH is 1. The number of ether oxygens (including phenoxy) is 2. The van der Waals surface area contributed by atoms with Crippen molar-refractivity contribution < 1.29 is 36.5 Å². The first-order valence-corrected chi connectivity index (χ1v) is 14.2. The van der Waals surface area contributed by atoms with E-state index in [1.54, 1.807) is 6.92 Å². The first-order valence-electron chi connectivity index (χ1n) is 14.2. The van der Waals surface area contributed by atoms with Gasteiger partial charge in [0.2, 0.25) is 5.88 Å². The van der Waals surface area contributed by atoms with E-state index in [1.807, 2.05) is 13.8 Å². The topological polar surface area (TPSA) is 140 Å². The molecule has 0 radical (unpaired) electrons. The van der Waals surface area contributed by atoms with Crippen molar-refractivity contribution in [2.24, 2.45) is 4.99 Å². The van der Waals surface area contributed by atoms with Crippen molar-refractivity contribution in [2.75, 3.05) is 43.9 Å². The smallest absolute Gasteiger partial charge is 0.417 e. The molecule has 45 heavy (non-hydrogen) atoms. The van der Waals surface area contributed by atoms with E-state index in [0.29, 0.717) is 32.1 Å². The van der Waals surface area contributed by atoms with Crippen molar-refractivity contribution in [3.05, 3.63) is 53.8 Å². The van der Waals surface area contributed by atoms with Crippen LogP contribution in [0, 0.1) is 18.6 Å². The van der Waals surface area contributed by atoms with E-state index in [-0.39, 0.29) is 41.1 Å². The standard InChI is InChI=1S/C28H30F5N7O3.C2H6/c1-5-16(37-13(2)11-41)12-42-27-39-24-19-25(40-27)36-9-8-35-7-6-14(3)43-26(19)38-23(22(24)30)17-10-18(34)21(29)15(4)20(17)28(31,32)33;1-2/h5,10,14,35,41H,1-2,6-9,11-12,34H2,3-4H3,(H,36,39,40);1-2H3. The highest BCUT2D eigenvalue weighted by molar-refractivity contribution is 5.97. The van der Waals surface area contributed by atoms with Crippen LogP contribution < -0.4 is 25.8 Å². The van der Waals surface area contributed by atoms with Gasteiger partial charge >= 0.3 is 12.2 Å². The van der Waals surface area contributed by atoms with Gasteiger partial charge in [-0.15, -0.1) is 0 Å². The van der Waals surface area contributed by atoms with Crippen molar-refractivity contribution in [2.45, 2.75) is 46.4 Å². The molecule has 0 saturated heterocycles. The van der Waals surface area contributed by atoms with Crippen LogP contribution in [0.4, 0.5) is 33.5 Å². The van der Waals surface area contributed by atoms with E-state index >= 15 is 4.39 Å². The molecule has 0 saturated carbocycles. The molecule has 0 amide bonds. The van der Waals surface area contributed by atoms with Crippen LogP contribution in [-0.2, 0) is 6.18 Å². The summed E-state index contributed by atoms with van der Waals surface area (Å²) in [5.74, 6) is -2.73. The van der Waals surface area contributed by atoms with Crippen molar-refractivity contribution in [3.8, 4) is 23.1 Å². The fourth-order valence-electron chi connectivity index (χ4n) is 4.41. The summed E-state index contributed by atoms with van der Waals surface area (Å²) >= 11 is 0. The molecule has 0 aliphatic carbocycles. The van der Waals surface area contributed by atoms with Crippen molar-refractivity contribution in [1.82, 2.24) is 20.3 Å². The normalized spacial score (nSPS) is 15.6. The average molecular weight is 638 g/mol. The van der Waals surface area contributed by atoms with E-state index in [2.05, 4.69) is 43.7 Å². The lowest BCUT2D eigenvalue weighted by molar-refractivity contribution is -0.137. The predicted octanol–water partition coefficient (Wildman–Crippen LogP) is 5.59. The molecule has 0 spiro atoms. The Balaban J connectivity index is 0.00000271. The summed E-state index contributed by atoms with van der Waals surface area (Å²) in [6.45, 7) is 14.5. The third-order valence-electron chi connectivity index (χ3n) is 6.50. The summed E-state index contributed by atoms with van der Waals surface area (Å²) in [7, 11) is 0. The number of pyridine rings is 1. The summed E-state index contributed by atoms with van der Waals surface area (Å²) in [5.41, 5.74) is 1.14. The summed E-state index contributed by atoms with van der Waals surface area (Å²) in [6, 6.07) is 0.328. The molecule has 1 aliphatic heterocycles. The Labute approximate surface area is 257 Å². The minimum absolute atomic E-state index is 0.0333. The minimum atomic E-state index is -5.08. The summed E-state index contributed by atoms with van der Waals surface area (Å²) < 4.78 is 85.3. The van der Waals surface area contributed by atoms with Gasteiger partial charge in [0, 0.05) is 18.7 Å². The van der Waals surface area contributed by atoms with Crippen molar-refractivity contribution in [1.29, 1.82) is 0 Å². The lowest BCUT2D eigenvalue weighted by Crippen LogP contribution is -2.26. The molecule has 1 atom stereocenters. The predicted molar refractivity (Wildman–Crippen MR) is 164 cm³/mol. The van der Waals surface area contributed by atoms with Gasteiger partial charge in [-0.1, -0.05) is 27.0 Å². The second-order valence-corrected chi connectivity index (χ2v) is 9.70. The van der Waals surface area contributed by atoms with Crippen LogP contribution in [0.5, 0.6) is 11.9 Å². The van der Waals surface area contributed by atoms with Crippen molar-refractivity contribution >= 4 is 28.1 Å². The highest BCUT2D eigenvalue weighted by atomic mass is 19.4. The SMILES string of the molecule is C=CC(COc1nc2c3c(nc(-c4cc(N)c(F)c(C)c4C(F)(F)F)c(F)c3n1)OC(C)CCNCCN2)=NC(=C)CO.CC. The Bertz CT molecular complexity index is 1600. The van der Waals surface area contributed by atoms with Gasteiger partial charge in [0.15, 0.2) is 5.82 Å². The lowest BCUT2D eigenvalue weighted by Gasteiger charge is -2.21. The molecule has 1 aromatic carbocycles. The Morgan fingerprint density at radius 2 is 1.91 bits per heavy atom. The monoisotopic (exact) mass is 637 g/mol. The number of hydrogen-bond acceptors (Lipinski definition) is 10. The molecule has 2 aromatic heterocycles. The van der Waals surface area contributed by atoms with Gasteiger partial charge in [-0.25, -0.2) is 13.8 Å². The quantitative estimate of drug-likeness (QED) is 0.148. The number of anilines is 2. The first-order chi connectivity index (χ1) is 21.3. The van der Waals surface area contributed by atoms with Gasteiger partial charge < -0.3 is 30.9 Å². The van der Waals surface area contributed by atoms with Crippen LogP contribution in [0.2, 0.25) is 0 Å². The van der Waals surface area contributed by atoms with E-state index in [1.165, 1.54) is 6.08 Å². The fourth-order valence-corrected chi connectivity index (χ4v) is 4.41. The average Bonchev–Trinajstić information content (AvgIpc) is 3.03. The van der Waals surface area contributed by atoms with Gasteiger partial charge in [0.25, 0.3) is 0 Å². The molecule has 3 heterocycles. The van der Waals surface area contributed by atoms with Crippen LogP contribution in [0.3, 0.4) is 0 Å². The Morgan fingerprint density at radius 1 is 1.20 bits per heavy atom. The van der Waals surface area contributed by atoms with E-state index in [9.17, 15) is 22.7 Å². The number of halogens is 5. The van der Waals surface area contributed by atoms with Gasteiger partial charge in [-0.2, -0.15) is 23.1 Å². The highest BCUT2D eigenvalue weighted by Crippen LogP contribution is 2.44. The summed E-state index contributed by atoms with van der Waals surface area (Å²) in [5, 5.41) is 15.4. The summed E-state index contributed by atoms with van der Waals surface area (Å²) in [4.78, 5) is 16.7. The number of nitrogens with zero attached hydrogens (tertiary/aromatic N) is 4. The maximum absolute atomic E-state index is 16.4. The zero-order valence-electron chi connectivity index (χ0n) is 25.4. The third kappa shape index (κ3) is 8.02. The molecule has 1 unspecified atom stereocenters. The molecule has 10 nitrogen and oxygen atoms in total. The fraction of sp³-hybridized carbons (Fsp3) is 0.400. The van der Waals surface area contributed by atoms with E-state index in [0.717, 1.165) is 6.92 Å². The van der Waals surface area contributed by atoms with Crippen LogP contribution in [0.15, 0.2) is 36.0 Å². The molecule has 0 bridgehead atoms. The maximum atomic E-state index is 16.4. The molecule has 1 aliphatic rings. The molecule has 3 aromatic rings. The molecule has 5 N–H and O–H groups in total. The van der Waals surface area contributed by atoms with Gasteiger partial charge in [-0.05, 0) is 44.5 Å². The Hall–Kier alpha value is -4.37. The van der Waals surface area contributed by atoms with Gasteiger partial charge in [0.1, 0.15) is 34.8 Å². The van der Waals surface area contributed by atoms with Crippen LogP contribution >= 0.6 is 0 Å². The zero-order valence-corrected chi connectivity index (χ0v) is 25.4. The van der Waals surface area contributed by atoms with Crippen LogP contribution in [0.25, 0.3) is 22.2 Å². The first kappa shape index (κ1) is 35.1.